The molecule has 0 atom stereocenters. The predicted octanol–water partition coefficient (Wildman–Crippen LogP) is -2.83. The third-order valence-electron chi connectivity index (χ3n) is 1.15. The molecule has 6 N–H and O–H groups in total. The van der Waals surface area contributed by atoms with Gasteiger partial charge in [0, 0.05) is 0 Å². The van der Waals surface area contributed by atoms with Crippen molar-refractivity contribution in [3.05, 3.63) is 10.7 Å². The van der Waals surface area contributed by atoms with Gasteiger partial charge in [-0.25, -0.2) is 4.98 Å². The van der Waals surface area contributed by atoms with Gasteiger partial charge in [0.1, 0.15) is 0 Å². The Hall–Kier alpha value is -1.08. The van der Waals surface area contributed by atoms with Crippen molar-refractivity contribution in [3.8, 4) is 11.9 Å². The summed E-state index contributed by atoms with van der Waals surface area (Å²) in [5.74, 6) is -0.591. The molecule has 0 fully saturated rings. The summed E-state index contributed by atoms with van der Waals surface area (Å²) in [5.41, 5.74) is 0. The summed E-state index contributed by atoms with van der Waals surface area (Å²) in [7, 11) is 0. The van der Waals surface area contributed by atoms with Gasteiger partial charge in [-0.15, -0.1) is 0 Å². The lowest BCUT2D eigenvalue weighted by Gasteiger charge is -2.17. The highest BCUT2D eigenvalue weighted by Gasteiger charge is 2.27. The van der Waals surface area contributed by atoms with E-state index >= 15 is 0 Å². The van der Waals surface area contributed by atoms with Crippen molar-refractivity contribution in [2.45, 2.75) is 12.3 Å². The lowest BCUT2D eigenvalue weighted by atomic mass is 10.6. The van der Waals surface area contributed by atoms with Crippen LogP contribution >= 0.6 is 15.9 Å². The molecule has 0 amide bonds. The van der Waals surface area contributed by atoms with Gasteiger partial charge >= 0.3 is 18.3 Å². The first-order valence-corrected chi connectivity index (χ1v) is 4.61. The zero-order valence-corrected chi connectivity index (χ0v) is 9.44. The fraction of sp³-hybridized carbons (Fsp3) is 0.333. The van der Waals surface area contributed by atoms with Gasteiger partial charge in [-0.05, 0) is 15.9 Å². The van der Waals surface area contributed by atoms with E-state index in [-0.39, 0.29) is 4.47 Å². The highest BCUT2D eigenvalue weighted by Crippen LogP contribution is 2.25. The molecule has 0 bridgehead atoms. The Morgan fingerprint density at radius 3 is 2.00 bits per heavy atom. The zero-order chi connectivity index (χ0) is 13.3. The van der Waals surface area contributed by atoms with Gasteiger partial charge in [0.15, 0.2) is 0 Å². The average molecular weight is 315 g/mol. The van der Waals surface area contributed by atoms with E-state index in [4.69, 9.17) is 30.6 Å². The van der Waals surface area contributed by atoms with Crippen LogP contribution in [0.25, 0.3) is 0 Å². The summed E-state index contributed by atoms with van der Waals surface area (Å²) in [6.07, 6.45) is -6.04. The topological polar surface area (TPSA) is 166 Å². The predicted molar refractivity (Wildman–Crippen MR) is 49.8 cm³/mol. The largest absolute Gasteiger partial charge is 0.455 e. The summed E-state index contributed by atoms with van der Waals surface area (Å²) in [4.78, 5) is 6.65. The van der Waals surface area contributed by atoms with Crippen molar-refractivity contribution >= 4 is 15.9 Å². The van der Waals surface area contributed by atoms with Crippen LogP contribution in [0.15, 0.2) is 10.7 Å². The number of aromatic nitrogens is 2. The third kappa shape index (κ3) is 5.18. The maximum atomic E-state index is 8.54. The number of aliphatic hydroxyl groups is 6. The van der Waals surface area contributed by atoms with Gasteiger partial charge in [-0.1, -0.05) is 0 Å². The van der Waals surface area contributed by atoms with E-state index in [9.17, 15) is 0 Å². The van der Waals surface area contributed by atoms with E-state index in [0.717, 1.165) is 6.20 Å². The van der Waals surface area contributed by atoms with E-state index in [2.05, 4.69) is 35.4 Å². The van der Waals surface area contributed by atoms with Crippen molar-refractivity contribution < 1.29 is 40.1 Å². The maximum Gasteiger partial charge on any atom is 0.455 e. The molecule has 1 rings (SSSR count). The number of rotatable bonds is 4. The summed E-state index contributed by atoms with van der Waals surface area (Å²) in [5, 5.41) is 51.0. The van der Waals surface area contributed by atoms with E-state index < -0.39 is 24.2 Å². The highest BCUT2D eigenvalue weighted by molar-refractivity contribution is 9.10. The molecule has 0 aromatic carbocycles. The summed E-state index contributed by atoms with van der Waals surface area (Å²) in [6, 6.07) is -0.764. The maximum absolute atomic E-state index is 8.54. The molecule has 0 spiro atoms. The normalized spacial score (nSPS) is 12.4. The molecular formula is C6H7BrN2O8. The molecule has 1 aromatic heterocycles. The molecule has 0 radical (unpaired) electrons. The Kier molecular flexibility index (Phi) is 3.83. The van der Waals surface area contributed by atoms with Gasteiger partial charge in [0.25, 0.3) is 0 Å². The van der Waals surface area contributed by atoms with Crippen LogP contribution < -0.4 is 9.47 Å². The monoisotopic (exact) mass is 314 g/mol. The summed E-state index contributed by atoms with van der Waals surface area (Å²) >= 11 is 2.84. The summed E-state index contributed by atoms with van der Waals surface area (Å²) < 4.78 is 8.13. The van der Waals surface area contributed by atoms with E-state index in [1.807, 2.05) is 0 Å². The second-order valence-corrected chi connectivity index (χ2v) is 3.51. The Labute approximate surface area is 101 Å². The third-order valence-corrected chi connectivity index (χ3v) is 1.70. The lowest BCUT2D eigenvalue weighted by molar-refractivity contribution is -0.422. The van der Waals surface area contributed by atoms with Crippen LogP contribution in [0.5, 0.6) is 11.9 Å². The minimum absolute atomic E-state index is 0.00852. The van der Waals surface area contributed by atoms with Crippen LogP contribution in [-0.2, 0) is 0 Å². The molecule has 96 valence electrons. The molecule has 0 saturated heterocycles. The average Bonchev–Trinajstić information content (AvgIpc) is 2.05. The Morgan fingerprint density at radius 2 is 1.53 bits per heavy atom. The molecule has 11 heteroatoms. The molecule has 1 heterocycles. The van der Waals surface area contributed by atoms with Crippen LogP contribution in [0.2, 0.25) is 0 Å². The minimum atomic E-state index is -3.51. The van der Waals surface area contributed by atoms with Crippen LogP contribution in [-0.4, -0.2) is 52.9 Å². The van der Waals surface area contributed by atoms with Gasteiger partial charge in [0.2, 0.25) is 5.88 Å². The van der Waals surface area contributed by atoms with Crippen LogP contribution in [0.1, 0.15) is 0 Å². The molecular weight excluding hydrogens is 308 g/mol. The van der Waals surface area contributed by atoms with Gasteiger partial charge in [-0.3, -0.25) is 0 Å². The smallest absolute Gasteiger partial charge is 0.397 e. The van der Waals surface area contributed by atoms with Crippen LogP contribution in [0.4, 0.5) is 0 Å². The number of hydrogen-bond acceptors (Lipinski definition) is 10. The number of halogens is 1. The Bertz CT molecular complexity index is 400. The van der Waals surface area contributed by atoms with E-state index in [0.29, 0.717) is 0 Å². The molecule has 10 nitrogen and oxygen atoms in total. The number of hydrogen-bond donors (Lipinski definition) is 6. The first-order chi connectivity index (χ1) is 7.57. The van der Waals surface area contributed by atoms with Crippen molar-refractivity contribution in [3.63, 3.8) is 0 Å². The molecule has 0 unspecified atom stereocenters. The fourth-order valence-electron chi connectivity index (χ4n) is 0.709. The van der Waals surface area contributed by atoms with Crippen molar-refractivity contribution in [1.82, 2.24) is 9.97 Å². The van der Waals surface area contributed by atoms with E-state index in [1.54, 1.807) is 0 Å². The second kappa shape index (κ2) is 4.66. The standard InChI is InChI=1S/C6H7BrN2O8/c7-2-1-8-4(17-6(13,14)15)9-3(2)16-5(10,11)12/h1,10-15H. The molecule has 0 aliphatic carbocycles. The molecule has 0 saturated carbocycles. The Balaban J connectivity index is 2.95. The number of nitrogens with zero attached hydrogens (tertiary/aromatic N) is 2. The quantitative estimate of drug-likeness (QED) is 0.319. The van der Waals surface area contributed by atoms with Gasteiger partial charge in [-0.2, -0.15) is 4.98 Å². The van der Waals surface area contributed by atoms with Crippen molar-refractivity contribution in [2.75, 3.05) is 0 Å². The molecule has 0 aliphatic rings. The van der Waals surface area contributed by atoms with Gasteiger partial charge < -0.3 is 40.1 Å². The zero-order valence-electron chi connectivity index (χ0n) is 7.85. The van der Waals surface area contributed by atoms with Crippen LogP contribution in [0.3, 0.4) is 0 Å². The second-order valence-electron chi connectivity index (χ2n) is 2.66. The highest BCUT2D eigenvalue weighted by atomic mass is 79.9. The first-order valence-electron chi connectivity index (χ1n) is 3.81. The molecule has 17 heavy (non-hydrogen) atoms. The Morgan fingerprint density at radius 1 is 1.00 bits per heavy atom. The first kappa shape index (κ1) is 14.0. The van der Waals surface area contributed by atoms with Gasteiger partial charge in [0.05, 0.1) is 10.7 Å². The minimum Gasteiger partial charge on any atom is -0.397 e. The van der Waals surface area contributed by atoms with E-state index in [1.165, 1.54) is 0 Å². The SMILES string of the molecule is OC(O)(O)Oc1ncc(Br)c(OC(O)(O)O)n1. The van der Waals surface area contributed by atoms with Crippen molar-refractivity contribution in [2.24, 2.45) is 0 Å². The molecule has 1 aromatic rings. The summed E-state index contributed by atoms with van der Waals surface area (Å²) in [6.45, 7) is 0. The van der Waals surface area contributed by atoms with Crippen LogP contribution in [0, 0.1) is 0 Å². The number of ether oxygens (including phenoxy) is 2. The fourth-order valence-corrected chi connectivity index (χ4v) is 0.981. The molecule has 0 aliphatic heterocycles. The lowest BCUT2D eigenvalue weighted by Crippen LogP contribution is -2.36. The van der Waals surface area contributed by atoms with Crippen molar-refractivity contribution in [1.29, 1.82) is 0 Å².